The van der Waals surface area contributed by atoms with Gasteiger partial charge in [0, 0.05) is 5.69 Å². The van der Waals surface area contributed by atoms with E-state index in [9.17, 15) is 47.9 Å². The average Bonchev–Trinajstić information content (AvgIpc) is 3.29. The van der Waals surface area contributed by atoms with Gasteiger partial charge in [0.25, 0.3) is 30.3 Å². The number of rotatable bonds is 21. The number of nitrogens with zero attached hydrogens (tertiary/aromatic N) is 6. The summed E-state index contributed by atoms with van der Waals surface area (Å²) in [4.78, 5) is -2.05. The summed E-state index contributed by atoms with van der Waals surface area (Å²) in [6, 6.07) is 19.1. The Morgan fingerprint density at radius 2 is 1.14 bits per heavy atom. The molecule has 0 heterocycles. The first kappa shape index (κ1) is 52.9. The molecule has 70 heavy (non-hydrogen) atoms. The largest absolute Gasteiger partial charge is 0.505 e. The molecule has 34 heteroatoms. The van der Waals surface area contributed by atoms with Gasteiger partial charge < -0.3 is 22.3 Å². The van der Waals surface area contributed by atoms with Gasteiger partial charge in [-0.25, -0.2) is 27.4 Å². The monoisotopic (exact) mass is 1080 g/mol. The molecule has 12 N–H and O–H groups in total. The van der Waals surface area contributed by atoms with Crippen molar-refractivity contribution in [3.05, 3.63) is 97.1 Å². The molecule has 0 unspecified atom stereocenters. The minimum atomic E-state index is -5.13. The number of hydrogen-bond donors (Lipinski definition) is 9. The fourth-order valence-corrected chi connectivity index (χ4v) is 10.1. The van der Waals surface area contributed by atoms with E-state index in [1.807, 2.05) is 0 Å². The van der Waals surface area contributed by atoms with Crippen molar-refractivity contribution in [2.75, 3.05) is 34.3 Å². The molecule has 6 rings (SSSR count). The van der Waals surface area contributed by atoms with Crippen molar-refractivity contribution in [1.29, 1.82) is 0 Å². The number of phenolic OH excluding ortho intramolecular Hbond substituents is 1. The molecule has 0 spiro atoms. The number of sulfonamides is 1. The van der Waals surface area contributed by atoms with E-state index in [1.54, 1.807) is 0 Å². The van der Waals surface area contributed by atoms with Gasteiger partial charge in [-0.05, 0) is 102 Å². The Bertz CT molecular complexity index is 3480. The smallest absolute Gasteiger partial charge is 0.296 e. The van der Waals surface area contributed by atoms with Crippen LogP contribution in [0.5, 0.6) is 5.75 Å². The number of benzene rings is 6. The van der Waals surface area contributed by atoms with Crippen molar-refractivity contribution < 1.29 is 81.3 Å². The second-order valence-electron chi connectivity index (χ2n) is 13.5. The molecule has 0 bridgehead atoms. The second-order valence-corrected chi connectivity index (χ2v) is 21.3. The Hall–Kier alpha value is -6.48. The normalized spacial score (nSPS) is 12.7. The van der Waals surface area contributed by atoms with Crippen LogP contribution in [0.4, 0.5) is 56.9 Å². The van der Waals surface area contributed by atoms with Gasteiger partial charge in [0.05, 0.1) is 78.6 Å². The second kappa shape index (κ2) is 22.1. The summed E-state index contributed by atoms with van der Waals surface area (Å²) in [6.07, 6.45) is 0. The molecule has 0 aliphatic heterocycles. The minimum absolute atomic E-state index is 0.0376. The first-order valence-electron chi connectivity index (χ1n) is 18.5. The minimum Gasteiger partial charge on any atom is -0.505 e. The quantitative estimate of drug-likeness (QED) is 0.00626. The van der Waals surface area contributed by atoms with E-state index in [-0.39, 0.29) is 96.2 Å². The van der Waals surface area contributed by atoms with Crippen molar-refractivity contribution in [3.63, 3.8) is 0 Å². The summed E-state index contributed by atoms with van der Waals surface area (Å²) in [6.45, 7) is -0.339. The third kappa shape index (κ3) is 13.0. The van der Waals surface area contributed by atoms with Crippen LogP contribution >= 0.6 is 24.4 Å². The number of aromatic hydroxyl groups is 1. The Morgan fingerprint density at radius 1 is 0.600 bits per heavy atom. The van der Waals surface area contributed by atoms with Gasteiger partial charge in [-0.2, -0.15) is 32.2 Å². The lowest BCUT2D eigenvalue weighted by Gasteiger charge is -2.14. The van der Waals surface area contributed by atoms with Gasteiger partial charge >= 0.3 is 0 Å². The highest BCUT2D eigenvalue weighted by Crippen LogP contribution is 2.50. The van der Waals surface area contributed by atoms with Crippen LogP contribution in [0.25, 0.3) is 10.8 Å². The molecule has 28 nitrogen and oxygen atoms in total. The fraction of sp³-hybridized carbons (Fsp3) is 0.0556. The maximum atomic E-state index is 13.2. The van der Waals surface area contributed by atoms with E-state index in [2.05, 4.69) is 54.2 Å². The first-order chi connectivity index (χ1) is 33.0. The molecule has 0 saturated heterocycles. The van der Waals surface area contributed by atoms with Crippen molar-refractivity contribution in [2.45, 2.75) is 24.5 Å². The van der Waals surface area contributed by atoms with E-state index in [0.29, 0.717) is 0 Å². The first-order valence-corrected chi connectivity index (χ1v) is 25.9. The van der Waals surface area contributed by atoms with Crippen LogP contribution in [0.1, 0.15) is 0 Å². The zero-order valence-corrected chi connectivity index (χ0v) is 39.5. The van der Waals surface area contributed by atoms with E-state index >= 15 is 0 Å². The summed E-state index contributed by atoms with van der Waals surface area (Å²) in [5.74, 6) is -1.24. The van der Waals surface area contributed by atoms with Gasteiger partial charge in [0.15, 0.2) is 27.9 Å². The molecule has 370 valence electrons. The lowest BCUT2D eigenvalue weighted by Crippen LogP contribution is -2.12. The number of phenols is 1. The summed E-state index contributed by atoms with van der Waals surface area (Å²) in [5, 5.41) is 58.7. The Balaban J connectivity index is 1.23. The number of sulfone groups is 1. The predicted octanol–water partition coefficient (Wildman–Crippen LogP) is 8.04. The molecule has 6 aromatic carbocycles. The number of anilines is 4. The van der Waals surface area contributed by atoms with E-state index in [4.69, 9.17) is 31.9 Å². The van der Waals surface area contributed by atoms with Crippen LogP contribution in [-0.2, 0) is 63.0 Å². The molecule has 0 atom stereocenters. The van der Waals surface area contributed by atoms with Crippen LogP contribution in [0, 0.1) is 0 Å². The molecular weight excluding hydrogens is 1050 g/mol. The molecule has 6 aromatic rings. The zero-order chi connectivity index (χ0) is 51.0. The molecule has 0 amide bonds. The van der Waals surface area contributed by atoms with Gasteiger partial charge in [0.2, 0.25) is 0 Å². The van der Waals surface area contributed by atoms with E-state index in [0.717, 1.165) is 30.3 Å². The molecule has 0 fully saturated rings. The number of nitrogen functional groups attached to an aromatic ring is 3. The standard InChI is InChI=1S/C36H32N10O18S6/c37-26-17-27(38)30(69(54,55)56)18-28(26)43-40-20-1-3-23(4-2-20)46-68(52,53)25-11-7-22(8-12-25)42-45-35-31(70(57,58)59)16-19-15-29(65-63-61-48)34(36(47)32(19)33(35)39)44-41-21-5-9-24(10-6-21)67(50,51)14-13-60-66-64-62-49/h1-12,15-18,46-49H,13-14,37-39H2,(H,54,55,56)(H,57,58,59). The van der Waals surface area contributed by atoms with Crippen molar-refractivity contribution >= 4 is 132 Å². The highest BCUT2D eigenvalue weighted by atomic mass is 32.2. The molecule has 0 aliphatic carbocycles. The summed E-state index contributed by atoms with van der Waals surface area (Å²) in [5.41, 5.74) is 16.0. The summed E-state index contributed by atoms with van der Waals surface area (Å²) in [7, 11) is -17.9. The Kier molecular flexibility index (Phi) is 16.7. The Labute approximate surface area is 403 Å². The molecule has 0 aromatic heterocycles. The maximum absolute atomic E-state index is 13.2. The highest BCUT2D eigenvalue weighted by Gasteiger charge is 2.26. The molecular formula is C36H32N10O18S6. The van der Waals surface area contributed by atoms with Crippen LogP contribution in [0.15, 0.2) is 152 Å². The van der Waals surface area contributed by atoms with Gasteiger partial charge in [-0.1, -0.05) is 10.1 Å². The molecule has 0 aliphatic rings. The third-order valence-electron chi connectivity index (χ3n) is 8.99. The van der Waals surface area contributed by atoms with Crippen molar-refractivity contribution in [3.8, 4) is 5.75 Å². The Morgan fingerprint density at radius 3 is 1.71 bits per heavy atom. The lowest BCUT2D eigenvalue weighted by molar-refractivity contribution is -0.434. The molecule has 0 radical (unpaired) electrons. The predicted molar refractivity (Wildman–Crippen MR) is 249 cm³/mol. The van der Waals surface area contributed by atoms with Crippen molar-refractivity contribution in [2.24, 2.45) is 30.7 Å². The number of azo groups is 3. The third-order valence-corrected chi connectivity index (χ3v) is 14.9. The SMILES string of the molecule is Nc1cc(N)c(S(=O)(=O)O)cc1N=Nc1ccc(NS(=O)(=O)c2ccc(N=Nc3c(S(=O)(=O)O)cc4cc(SOOO)c(N=Nc5ccc(S(=O)(=O)CCOSOOO)cc5)c(O)c4c3N)cc2)cc1. The van der Waals surface area contributed by atoms with Gasteiger partial charge in [-0.3, -0.25) is 18.0 Å². The number of nitrogens with one attached hydrogen (secondary N) is 1. The van der Waals surface area contributed by atoms with Crippen molar-refractivity contribution in [1.82, 2.24) is 0 Å². The summed E-state index contributed by atoms with van der Waals surface area (Å²) < 4.78 is 135. The number of nitrogens with two attached hydrogens (primary N) is 3. The highest BCUT2D eigenvalue weighted by molar-refractivity contribution is 7.94. The average molecular weight is 1090 g/mol. The van der Waals surface area contributed by atoms with Crippen LogP contribution in [-0.4, -0.2) is 70.8 Å². The van der Waals surface area contributed by atoms with E-state index in [1.165, 1.54) is 66.7 Å². The topological polar surface area (TPSA) is 448 Å². The van der Waals surface area contributed by atoms with Crippen LogP contribution in [0.3, 0.4) is 0 Å². The van der Waals surface area contributed by atoms with Crippen LogP contribution < -0.4 is 21.9 Å². The van der Waals surface area contributed by atoms with Gasteiger partial charge in [0.1, 0.15) is 26.9 Å². The number of hydrogen-bond acceptors (Lipinski definition) is 27. The van der Waals surface area contributed by atoms with Gasteiger partial charge in [-0.15, -0.1) is 24.0 Å². The van der Waals surface area contributed by atoms with E-state index < -0.39 is 78.5 Å². The fourth-order valence-electron chi connectivity index (χ4n) is 5.81. The summed E-state index contributed by atoms with van der Waals surface area (Å²) >= 11 is 0.483. The number of fused-ring (bicyclic) bond motifs is 1. The maximum Gasteiger partial charge on any atom is 0.296 e. The zero-order valence-electron chi connectivity index (χ0n) is 34.6. The van der Waals surface area contributed by atoms with Crippen LogP contribution in [0.2, 0.25) is 0 Å². The lowest BCUT2D eigenvalue weighted by atomic mass is 10.1. The molecule has 0 saturated carbocycles.